The molecule has 0 spiro atoms. The lowest BCUT2D eigenvalue weighted by molar-refractivity contribution is -0.139. The summed E-state index contributed by atoms with van der Waals surface area (Å²) in [7, 11) is -3.70. The predicted octanol–water partition coefficient (Wildman–Crippen LogP) is 0.251. The van der Waals surface area contributed by atoms with Crippen LogP contribution in [-0.4, -0.2) is 26.7 Å². The highest BCUT2D eigenvalue weighted by Crippen LogP contribution is 2.10. The van der Waals surface area contributed by atoms with Crippen molar-refractivity contribution in [1.82, 2.24) is 4.72 Å². The van der Waals surface area contributed by atoms with Crippen LogP contribution in [0.4, 0.5) is 5.69 Å². The van der Waals surface area contributed by atoms with E-state index in [1.807, 2.05) is 0 Å². The molecule has 0 heterocycles. The molecule has 0 aliphatic rings. The van der Waals surface area contributed by atoms with E-state index in [2.05, 4.69) is 9.46 Å². The Hall–Kier alpha value is -1.60. The Morgan fingerprint density at radius 1 is 1.39 bits per heavy atom. The number of hydrogen-bond donors (Lipinski definition) is 2. The molecular weight excluding hydrogens is 256 g/mol. The van der Waals surface area contributed by atoms with Gasteiger partial charge in [0.1, 0.15) is 0 Å². The van der Waals surface area contributed by atoms with Crippen LogP contribution in [0.15, 0.2) is 24.3 Å². The molecule has 0 aliphatic carbocycles. The number of nitrogens with one attached hydrogen (secondary N) is 1. The molecule has 0 fully saturated rings. The summed E-state index contributed by atoms with van der Waals surface area (Å²) in [6.45, 7) is 1.82. The van der Waals surface area contributed by atoms with Gasteiger partial charge in [0, 0.05) is 12.2 Å². The highest BCUT2D eigenvalue weighted by Gasteiger charge is 2.17. The van der Waals surface area contributed by atoms with Crippen LogP contribution in [0.2, 0.25) is 0 Å². The van der Waals surface area contributed by atoms with Gasteiger partial charge in [-0.1, -0.05) is 18.2 Å². The average Bonchev–Trinajstić information content (AvgIpc) is 2.27. The number of sulfonamides is 1. The number of ether oxygens (including phenoxy) is 1. The van der Waals surface area contributed by atoms with Crippen LogP contribution in [0.3, 0.4) is 0 Å². The molecule has 0 saturated heterocycles. The van der Waals surface area contributed by atoms with E-state index in [4.69, 9.17) is 5.73 Å². The SMILES string of the molecule is CCOC(=O)CS(=O)(=O)NCc1ccccc1N. The van der Waals surface area contributed by atoms with Gasteiger partial charge in [-0.3, -0.25) is 4.79 Å². The third-order valence-corrected chi connectivity index (χ3v) is 3.35. The summed E-state index contributed by atoms with van der Waals surface area (Å²) in [5, 5.41) is 0. The summed E-state index contributed by atoms with van der Waals surface area (Å²) in [5.41, 5.74) is 6.83. The highest BCUT2D eigenvalue weighted by molar-refractivity contribution is 7.90. The third-order valence-electron chi connectivity index (χ3n) is 2.15. The van der Waals surface area contributed by atoms with Gasteiger partial charge in [-0.15, -0.1) is 0 Å². The van der Waals surface area contributed by atoms with Gasteiger partial charge in [0.05, 0.1) is 6.61 Å². The first kappa shape index (κ1) is 14.5. The maximum absolute atomic E-state index is 11.5. The van der Waals surface area contributed by atoms with Crippen molar-refractivity contribution in [1.29, 1.82) is 0 Å². The van der Waals surface area contributed by atoms with Gasteiger partial charge in [-0.25, -0.2) is 13.1 Å². The molecule has 6 nitrogen and oxygen atoms in total. The zero-order chi connectivity index (χ0) is 13.6. The Labute approximate surface area is 106 Å². The lowest BCUT2D eigenvalue weighted by Crippen LogP contribution is -2.30. The van der Waals surface area contributed by atoms with E-state index >= 15 is 0 Å². The molecule has 18 heavy (non-hydrogen) atoms. The topological polar surface area (TPSA) is 98.5 Å². The minimum atomic E-state index is -3.70. The number of hydrogen-bond acceptors (Lipinski definition) is 5. The molecule has 0 amide bonds. The van der Waals surface area contributed by atoms with E-state index in [0.29, 0.717) is 11.3 Å². The molecule has 0 atom stereocenters. The van der Waals surface area contributed by atoms with E-state index in [0.717, 1.165) is 0 Å². The van der Waals surface area contributed by atoms with E-state index in [1.54, 1.807) is 31.2 Å². The molecule has 0 bridgehead atoms. The predicted molar refractivity (Wildman–Crippen MR) is 68.1 cm³/mol. The van der Waals surface area contributed by atoms with Crippen LogP contribution >= 0.6 is 0 Å². The smallest absolute Gasteiger partial charge is 0.322 e. The number of nitrogens with two attached hydrogens (primary N) is 1. The van der Waals surface area contributed by atoms with Crippen molar-refractivity contribution in [2.24, 2.45) is 0 Å². The second-order valence-corrected chi connectivity index (χ2v) is 5.39. The Bertz CT molecular complexity index is 514. The maximum atomic E-state index is 11.5. The number of esters is 1. The van der Waals surface area contributed by atoms with Crippen LogP contribution in [0.5, 0.6) is 0 Å². The van der Waals surface area contributed by atoms with Crippen molar-refractivity contribution in [3.8, 4) is 0 Å². The maximum Gasteiger partial charge on any atom is 0.322 e. The van der Waals surface area contributed by atoms with Crippen LogP contribution in [0.25, 0.3) is 0 Å². The van der Waals surface area contributed by atoms with Gasteiger partial charge in [-0.05, 0) is 18.6 Å². The number of para-hydroxylation sites is 1. The first-order chi connectivity index (χ1) is 8.44. The number of carbonyl (C=O) groups excluding carboxylic acids is 1. The second kappa shape index (κ2) is 6.36. The first-order valence-corrected chi connectivity index (χ1v) is 7.06. The summed E-state index contributed by atoms with van der Waals surface area (Å²) in [5.74, 6) is -1.46. The van der Waals surface area contributed by atoms with Crippen LogP contribution in [0.1, 0.15) is 12.5 Å². The minimum absolute atomic E-state index is 0.0500. The van der Waals surface area contributed by atoms with Gasteiger partial charge in [0.15, 0.2) is 5.75 Å². The molecule has 0 aliphatic heterocycles. The van der Waals surface area contributed by atoms with Gasteiger partial charge in [0.2, 0.25) is 10.0 Å². The average molecular weight is 272 g/mol. The Kier molecular flexibility index (Phi) is 5.11. The molecule has 3 N–H and O–H groups in total. The largest absolute Gasteiger partial charge is 0.465 e. The van der Waals surface area contributed by atoms with Crippen LogP contribution in [-0.2, 0) is 26.1 Å². The summed E-state index contributed by atoms with van der Waals surface area (Å²) in [6.07, 6.45) is 0. The highest BCUT2D eigenvalue weighted by atomic mass is 32.2. The first-order valence-electron chi connectivity index (χ1n) is 5.41. The monoisotopic (exact) mass is 272 g/mol. The summed E-state index contributed by atoms with van der Waals surface area (Å²) in [6, 6.07) is 6.90. The van der Waals surface area contributed by atoms with Gasteiger partial charge in [0.25, 0.3) is 0 Å². The van der Waals surface area contributed by atoms with Crippen LogP contribution in [0, 0.1) is 0 Å². The Morgan fingerprint density at radius 2 is 2.06 bits per heavy atom. The fourth-order valence-corrected chi connectivity index (χ4v) is 2.16. The lowest BCUT2D eigenvalue weighted by atomic mass is 10.2. The molecule has 100 valence electrons. The second-order valence-electron chi connectivity index (χ2n) is 3.58. The Morgan fingerprint density at radius 3 is 2.67 bits per heavy atom. The van der Waals surface area contributed by atoms with E-state index < -0.39 is 21.7 Å². The number of anilines is 1. The third kappa shape index (κ3) is 4.72. The standard InChI is InChI=1S/C11H16N2O4S/c1-2-17-11(14)8-18(15,16)13-7-9-5-3-4-6-10(9)12/h3-6,13H,2,7-8,12H2,1H3. The van der Waals surface area contributed by atoms with Crippen molar-refractivity contribution in [2.75, 3.05) is 18.1 Å². The molecule has 0 aromatic heterocycles. The zero-order valence-electron chi connectivity index (χ0n) is 10.0. The quantitative estimate of drug-likeness (QED) is 0.571. The number of carbonyl (C=O) groups is 1. The van der Waals surface area contributed by atoms with Crippen molar-refractivity contribution in [3.63, 3.8) is 0 Å². The molecule has 7 heteroatoms. The van der Waals surface area contributed by atoms with Gasteiger partial charge in [-0.2, -0.15) is 0 Å². The van der Waals surface area contributed by atoms with Crippen molar-refractivity contribution in [3.05, 3.63) is 29.8 Å². The molecule has 1 rings (SSSR count). The van der Waals surface area contributed by atoms with E-state index in [9.17, 15) is 13.2 Å². The van der Waals surface area contributed by atoms with Crippen molar-refractivity contribution in [2.45, 2.75) is 13.5 Å². The Balaban J connectivity index is 2.57. The summed E-state index contributed by atoms with van der Waals surface area (Å²) >= 11 is 0. The van der Waals surface area contributed by atoms with Gasteiger partial charge < -0.3 is 10.5 Å². The fraction of sp³-hybridized carbons (Fsp3) is 0.364. The molecule has 0 unspecified atom stereocenters. The number of benzene rings is 1. The summed E-state index contributed by atoms with van der Waals surface area (Å²) in [4.78, 5) is 11.1. The van der Waals surface area contributed by atoms with Crippen molar-refractivity contribution < 1.29 is 17.9 Å². The van der Waals surface area contributed by atoms with Crippen LogP contribution < -0.4 is 10.5 Å². The molecule has 1 aromatic rings. The normalized spacial score (nSPS) is 11.2. The minimum Gasteiger partial charge on any atom is -0.465 e. The summed E-state index contributed by atoms with van der Waals surface area (Å²) < 4.78 is 30.0. The molecular formula is C11H16N2O4S. The van der Waals surface area contributed by atoms with Crippen molar-refractivity contribution >= 4 is 21.7 Å². The number of nitrogen functional groups attached to an aromatic ring is 1. The molecule has 0 saturated carbocycles. The lowest BCUT2D eigenvalue weighted by Gasteiger charge is -2.08. The van der Waals surface area contributed by atoms with Gasteiger partial charge >= 0.3 is 5.97 Å². The molecule has 0 radical (unpaired) electrons. The number of rotatable bonds is 6. The zero-order valence-corrected chi connectivity index (χ0v) is 10.9. The fourth-order valence-electron chi connectivity index (χ4n) is 1.29. The molecule has 1 aromatic carbocycles. The van der Waals surface area contributed by atoms with E-state index in [1.165, 1.54) is 0 Å². The van der Waals surface area contributed by atoms with E-state index in [-0.39, 0.29) is 13.2 Å².